The first kappa shape index (κ1) is 15.7. The largest absolute Gasteiger partial charge is 0.314 e. The molecule has 0 saturated carbocycles. The van der Waals surface area contributed by atoms with Gasteiger partial charge in [0.25, 0.3) is 5.69 Å². The highest BCUT2D eigenvalue weighted by Crippen LogP contribution is 2.18. The molecule has 0 atom stereocenters. The van der Waals surface area contributed by atoms with Crippen molar-refractivity contribution in [3.8, 4) is 0 Å². The van der Waals surface area contributed by atoms with E-state index in [-0.39, 0.29) is 17.1 Å². The van der Waals surface area contributed by atoms with Crippen molar-refractivity contribution >= 4 is 21.4 Å². The Labute approximate surface area is 123 Å². The highest BCUT2D eigenvalue weighted by Gasteiger charge is 2.16. The fraction of sp³-hybridized carbons (Fsp3) is 0.500. The summed E-state index contributed by atoms with van der Waals surface area (Å²) in [5, 5.41) is 13.9. The average molecular weight is 314 g/mol. The third kappa shape index (κ3) is 4.96. The van der Waals surface area contributed by atoms with Crippen molar-refractivity contribution in [1.82, 2.24) is 10.2 Å². The normalized spacial score (nSPS) is 16.6. The third-order valence-corrected chi connectivity index (χ3v) is 4.48. The van der Waals surface area contributed by atoms with Crippen LogP contribution in [0.25, 0.3) is 0 Å². The van der Waals surface area contributed by atoms with Crippen LogP contribution in [0.5, 0.6) is 0 Å². The van der Waals surface area contributed by atoms with Gasteiger partial charge in [-0.1, -0.05) is 6.07 Å². The van der Waals surface area contributed by atoms with Crippen molar-refractivity contribution in [2.45, 2.75) is 0 Å². The van der Waals surface area contributed by atoms with Gasteiger partial charge in [-0.2, -0.15) is 0 Å². The molecule has 2 rings (SSSR count). The zero-order chi connectivity index (χ0) is 15.3. The molecule has 1 saturated heterocycles. The van der Waals surface area contributed by atoms with Crippen LogP contribution in [0, 0.1) is 10.1 Å². The van der Waals surface area contributed by atoms with E-state index >= 15 is 0 Å². The molecule has 1 aliphatic rings. The summed E-state index contributed by atoms with van der Waals surface area (Å²) in [7, 11) is -3.51. The molecular formula is C12H18N4O4S. The number of anilines is 1. The SMILES string of the molecule is O=[N+]([O-])c1cccc(NS(=O)(=O)CCN2CCNCC2)c1. The molecular weight excluding hydrogens is 296 g/mol. The quantitative estimate of drug-likeness (QED) is 0.576. The number of hydrogen-bond acceptors (Lipinski definition) is 6. The first-order valence-electron chi connectivity index (χ1n) is 6.64. The molecule has 1 fully saturated rings. The van der Waals surface area contributed by atoms with Crippen molar-refractivity contribution in [3.63, 3.8) is 0 Å². The zero-order valence-corrected chi connectivity index (χ0v) is 12.3. The van der Waals surface area contributed by atoms with Crippen molar-refractivity contribution in [2.75, 3.05) is 43.2 Å². The smallest absolute Gasteiger partial charge is 0.271 e. The second kappa shape index (κ2) is 6.83. The van der Waals surface area contributed by atoms with E-state index in [0.29, 0.717) is 6.54 Å². The lowest BCUT2D eigenvalue weighted by molar-refractivity contribution is -0.384. The van der Waals surface area contributed by atoms with E-state index in [1.54, 1.807) is 0 Å². The highest BCUT2D eigenvalue weighted by molar-refractivity contribution is 7.92. The summed E-state index contributed by atoms with van der Waals surface area (Å²) in [6.07, 6.45) is 0. The fourth-order valence-corrected chi connectivity index (χ4v) is 3.18. The first-order valence-corrected chi connectivity index (χ1v) is 8.29. The molecule has 9 heteroatoms. The lowest BCUT2D eigenvalue weighted by Crippen LogP contribution is -2.45. The number of nitrogens with zero attached hydrogens (tertiary/aromatic N) is 2. The third-order valence-electron chi connectivity index (χ3n) is 3.22. The second-order valence-corrected chi connectivity index (χ2v) is 6.66. The molecule has 2 N–H and O–H groups in total. The molecule has 0 spiro atoms. The fourth-order valence-electron chi connectivity index (χ4n) is 2.10. The van der Waals surface area contributed by atoms with Crippen LogP contribution in [0.2, 0.25) is 0 Å². The van der Waals surface area contributed by atoms with Gasteiger partial charge in [0.1, 0.15) is 0 Å². The van der Waals surface area contributed by atoms with Crippen molar-refractivity contribution < 1.29 is 13.3 Å². The summed E-state index contributed by atoms with van der Waals surface area (Å²) in [6.45, 7) is 3.82. The van der Waals surface area contributed by atoms with E-state index in [4.69, 9.17) is 0 Å². The van der Waals surface area contributed by atoms with Gasteiger partial charge in [0.05, 0.1) is 16.4 Å². The summed E-state index contributed by atoms with van der Waals surface area (Å²) in [4.78, 5) is 12.2. The van der Waals surface area contributed by atoms with Gasteiger partial charge >= 0.3 is 0 Å². The molecule has 0 unspecified atom stereocenters. The van der Waals surface area contributed by atoms with E-state index < -0.39 is 14.9 Å². The van der Waals surface area contributed by atoms with Crippen LogP contribution in [0.3, 0.4) is 0 Å². The van der Waals surface area contributed by atoms with Crippen molar-refractivity contribution in [2.24, 2.45) is 0 Å². The first-order chi connectivity index (χ1) is 9.96. The van der Waals surface area contributed by atoms with Crippen LogP contribution in [-0.2, 0) is 10.0 Å². The number of non-ortho nitro benzene ring substituents is 1. The molecule has 8 nitrogen and oxygen atoms in total. The standard InChI is InChI=1S/C12H18N4O4S/c17-16(18)12-3-1-2-11(10-12)14-21(19,20)9-8-15-6-4-13-5-7-15/h1-3,10,13-14H,4-9H2. The van der Waals surface area contributed by atoms with E-state index in [1.807, 2.05) is 0 Å². The minimum Gasteiger partial charge on any atom is -0.314 e. The molecule has 0 aliphatic carbocycles. The molecule has 0 radical (unpaired) electrons. The van der Waals surface area contributed by atoms with Crippen molar-refractivity contribution in [1.29, 1.82) is 0 Å². The number of hydrogen-bond donors (Lipinski definition) is 2. The summed E-state index contributed by atoms with van der Waals surface area (Å²) >= 11 is 0. The number of benzene rings is 1. The molecule has 0 aromatic heterocycles. The Morgan fingerprint density at radius 1 is 1.33 bits per heavy atom. The molecule has 1 heterocycles. The topological polar surface area (TPSA) is 105 Å². The van der Waals surface area contributed by atoms with Crippen LogP contribution in [0.15, 0.2) is 24.3 Å². The molecule has 1 aromatic rings. The molecule has 0 amide bonds. The van der Waals surface area contributed by atoms with Crippen LogP contribution < -0.4 is 10.0 Å². The number of piperazine rings is 1. The molecule has 1 aromatic carbocycles. The Morgan fingerprint density at radius 2 is 2.05 bits per heavy atom. The van der Waals surface area contributed by atoms with E-state index in [1.165, 1.54) is 24.3 Å². The predicted octanol–water partition coefficient (Wildman–Crippen LogP) is 0.242. The summed E-state index contributed by atoms with van der Waals surface area (Å²) < 4.78 is 26.4. The molecule has 21 heavy (non-hydrogen) atoms. The predicted molar refractivity (Wildman–Crippen MR) is 79.8 cm³/mol. The van der Waals surface area contributed by atoms with Crippen LogP contribution >= 0.6 is 0 Å². The number of rotatable bonds is 6. The Kier molecular flexibility index (Phi) is 5.10. The molecule has 0 bridgehead atoms. The van der Waals surface area contributed by atoms with Crippen LogP contribution in [-0.4, -0.2) is 56.7 Å². The maximum absolute atomic E-state index is 12.0. The minimum absolute atomic E-state index is 0.0321. The van der Waals surface area contributed by atoms with Crippen LogP contribution in [0.1, 0.15) is 0 Å². The zero-order valence-electron chi connectivity index (χ0n) is 11.5. The minimum atomic E-state index is -3.51. The van der Waals surface area contributed by atoms with Gasteiger partial charge in [-0.05, 0) is 6.07 Å². The second-order valence-electron chi connectivity index (χ2n) is 4.82. The number of nitro groups is 1. The maximum atomic E-state index is 12.0. The van der Waals surface area contributed by atoms with Gasteiger partial charge < -0.3 is 5.32 Å². The summed E-state index contributed by atoms with van der Waals surface area (Å²) in [5.74, 6) is -0.0321. The monoisotopic (exact) mass is 314 g/mol. The Bertz CT molecular complexity index is 599. The van der Waals surface area contributed by atoms with E-state index in [2.05, 4.69) is 14.9 Å². The van der Waals surface area contributed by atoms with Crippen LogP contribution in [0.4, 0.5) is 11.4 Å². The number of nitrogens with one attached hydrogen (secondary N) is 2. The maximum Gasteiger partial charge on any atom is 0.271 e. The lowest BCUT2D eigenvalue weighted by Gasteiger charge is -2.26. The van der Waals surface area contributed by atoms with E-state index in [0.717, 1.165) is 26.2 Å². The van der Waals surface area contributed by atoms with Gasteiger partial charge in [-0.15, -0.1) is 0 Å². The molecule has 1 aliphatic heterocycles. The number of sulfonamides is 1. The Morgan fingerprint density at radius 3 is 2.71 bits per heavy atom. The van der Waals surface area contributed by atoms with E-state index in [9.17, 15) is 18.5 Å². The average Bonchev–Trinajstić information content (AvgIpc) is 2.46. The lowest BCUT2D eigenvalue weighted by atomic mass is 10.3. The summed E-state index contributed by atoms with van der Waals surface area (Å²) in [6, 6.07) is 5.47. The van der Waals surface area contributed by atoms with Gasteiger partial charge in [-0.25, -0.2) is 8.42 Å². The van der Waals surface area contributed by atoms with Crippen molar-refractivity contribution in [3.05, 3.63) is 34.4 Å². The van der Waals surface area contributed by atoms with Gasteiger partial charge in [0.15, 0.2) is 0 Å². The van der Waals surface area contributed by atoms with Gasteiger partial charge in [0, 0.05) is 44.9 Å². The van der Waals surface area contributed by atoms with Gasteiger partial charge in [-0.3, -0.25) is 19.7 Å². The Balaban J connectivity index is 1.93. The number of nitro benzene ring substituents is 1. The van der Waals surface area contributed by atoms with Gasteiger partial charge in [0.2, 0.25) is 10.0 Å². The molecule has 116 valence electrons. The highest BCUT2D eigenvalue weighted by atomic mass is 32.2. The summed E-state index contributed by atoms with van der Waals surface area (Å²) in [5.41, 5.74) is 0.0711. The Hall–Kier alpha value is -1.71.